The minimum absolute atomic E-state index is 0.0839. The Morgan fingerprint density at radius 1 is 1.64 bits per heavy atom. The highest BCUT2D eigenvalue weighted by Gasteiger charge is 2.41. The molecule has 0 unspecified atom stereocenters. The van der Waals surface area contributed by atoms with Crippen molar-refractivity contribution in [3.05, 3.63) is 0 Å². The van der Waals surface area contributed by atoms with Crippen LogP contribution in [-0.2, 0) is 4.74 Å². The smallest absolute Gasteiger partial charge is 0.0825 e. The third-order valence-corrected chi connectivity index (χ3v) is 2.75. The molecule has 0 aromatic rings. The Labute approximate surface area is 66.7 Å². The highest BCUT2D eigenvalue weighted by atomic mass is 16.5. The van der Waals surface area contributed by atoms with Crippen molar-refractivity contribution in [2.24, 2.45) is 0 Å². The molecular weight excluding hydrogens is 142 g/mol. The SMILES string of the molecule is OC[C@@H]1C[C@]2(CCCN2)CO1. The first-order valence-electron chi connectivity index (χ1n) is 4.32. The van der Waals surface area contributed by atoms with Crippen molar-refractivity contribution in [1.29, 1.82) is 0 Å². The molecule has 2 rings (SSSR count). The Bertz CT molecular complexity index is 143. The summed E-state index contributed by atoms with van der Waals surface area (Å²) in [5.41, 5.74) is 0.230. The van der Waals surface area contributed by atoms with E-state index in [2.05, 4.69) is 5.32 Å². The zero-order chi connectivity index (χ0) is 7.73. The lowest BCUT2D eigenvalue weighted by atomic mass is 9.94. The molecule has 0 bridgehead atoms. The molecule has 0 saturated carbocycles. The third kappa shape index (κ3) is 1.28. The van der Waals surface area contributed by atoms with E-state index < -0.39 is 0 Å². The number of ether oxygens (including phenoxy) is 1. The monoisotopic (exact) mass is 157 g/mol. The maximum Gasteiger partial charge on any atom is 0.0825 e. The fourth-order valence-electron chi connectivity index (χ4n) is 2.11. The highest BCUT2D eigenvalue weighted by Crippen LogP contribution is 2.31. The zero-order valence-corrected chi connectivity index (χ0v) is 6.68. The van der Waals surface area contributed by atoms with Crippen molar-refractivity contribution in [2.45, 2.75) is 30.9 Å². The standard InChI is InChI=1S/C8H15NO2/c10-5-7-4-8(6-11-7)2-1-3-9-8/h7,9-10H,1-6H2/t7-,8+/m0/s1. The van der Waals surface area contributed by atoms with Crippen molar-refractivity contribution in [3.8, 4) is 0 Å². The Balaban J connectivity index is 1.96. The van der Waals surface area contributed by atoms with Crippen LogP contribution in [0.1, 0.15) is 19.3 Å². The lowest BCUT2D eigenvalue weighted by Gasteiger charge is -2.20. The van der Waals surface area contributed by atoms with Crippen LogP contribution >= 0.6 is 0 Å². The van der Waals surface area contributed by atoms with Gasteiger partial charge in [-0.15, -0.1) is 0 Å². The lowest BCUT2D eigenvalue weighted by Crippen LogP contribution is -2.40. The van der Waals surface area contributed by atoms with Crippen molar-refractivity contribution >= 4 is 0 Å². The summed E-state index contributed by atoms with van der Waals surface area (Å²) in [7, 11) is 0. The van der Waals surface area contributed by atoms with Crippen LogP contribution in [0.15, 0.2) is 0 Å². The van der Waals surface area contributed by atoms with Crippen LogP contribution in [0.2, 0.25) is 0 Å². The second-order valence-corrected chi connectivity index (χ2v) is 3.63. The molecule has 2 aliphatic heterocycles. The molecule has 2 atom stereocenters. The molecule has 2 heterocycles. The first kappa shape index (κ1) is 7.53. The predicted molar refractivity (Wildman–Crippen MR) is 41.4 cm³/mol. The molecule has 2 saturated heterocycles. The highest BCUT2D eigenvalue weighted by molar-refractivity contribution is 4.98. The maximum absolute atomic E-state index is 8.86. The van der Waals surface area contributed by atoms with Crippen LogP contribution in [0, 0.1) is 0 Å². The van der Waals surface area contributed by atoms with Gasteiger partial charge in [-0.05, 0) is 25.8 Å². The van der Waals surface area contributed by atoms with Gasteiger partial charge >= 0.3 is 0 Å². The van der Waals surface area contributed by atoms with Crippen molar-refractivity contribution < 1.29 is 9.84 Å². The van der Waals surface area contributed by atoms with Crippen molar-refractivity contribution in [1.82, 2.24) is 5.32 Å². The number of rotatable bonds is 1. The lowest BCUT2D eigenvalue weighted by molar-refractivity contribution is 0.0557. The normalized spacial score (nSPS) is 43.9. The first-order chi connectivity index (χ1) is 5.35. The van der Waals surface area contributed by atoms with Gasteiger partial charge in [0.1, 0.15) is 0 Å². The number of hydrogen-bond donors (Lipinski definition) is 2. The molecule has 0 aromatic heterocycles. The minimum atomic E-state index is 0.0839. The van der Waals surface area contributed by atoms with E-state index in [0.29, 0.717) is 0 Å². The summed E-state index contributed by atoms with van der Waals surface area (Å²) < 4.78 is 5.43. The summed E-state index contributed by atoms with van der Waals surface area (Å²) >= 11 is 0. The molecule has 0 radical (unpaired) electrons. The van der Waals surface area contributed by atoms with Crippen LogP contribution in [0.5, 0.6) is 0 Å². The van der Waals surface area contributed by atoms with Gasteiger partial charge in [0.05, 0.1) is 19.3 Å². The average molecular weight is 157 g/mol. The third-order valence-electron chi connectivity index (χ3n) is 2.75. The molecule has 0 aromatic carbocycles. The van der Waals surface area contributed by atoms with E-state index in [1.165, 1.54) is 12.8 Å². The van der Waals surface area contributed by atoms with Crippen LogP contribution in [0.4, 0.5) is 0 Å². The molecule has 64 valence electrons. The molecular formula is C8H15NO2. The topological polar surface area (TPSA) is 41.5 Å². The van der Waals surface area contributed by atoms with E-state index in [1.807, 2.05) is 0 Å². The second-order valence-electron chi connectivity index (χ2n) is 3.63. The summed E-state index contributed by atoms with van der Waals surface area (Å²) in [5.74, 6) is 0. The summed E-state index contributed by atoms with van der Waals surface area (Å²) in [6, 6.07) is 0. The number of aliphatic hydroxyl groups is 1. The molecule has 1 spiro atoms. The van der Waals surface area contributed by atoms with Crippen molar-refractivity contribution in [2.75, 3.05) is 19.8 Å². The fourth-order valence-corrected chi connectivity index (χ4v) is 2.11. The largest absolute Gasteiger partial charge is 0.394 e. The summed E-state index contributed by atoms with van der Waals surface area (Å²) in [6.45, 7) is 2.07. The van der Waals surface area contributed by atoms with Crippen LogP contribution in [-0.4, -0.2) is 36.5 Å². The van der Waals surface area contributed by atoms with Gasteiger partial charge < -0.3 is 15.2 Å². The maximum atomic E-state index is 8.86. The number of aliphatic hydroxyl groups excluding tert-OH is 1. The molecule has 2 fully saturated rings. The molecule has 2 N–H and O–H groups in total. The average Bonchev–Trinajstić information content (AvgIpc) is 2.62. The summed E-state index contributed by atoms with van der Waals surface area (Å²) in [5, 5.41) is 12.3. The van der Waals surface area contributed by atoms with Gasteiger partial charge in [-0.2, -0.15) is 0 Å². The zero-order valence-electron chi connectivity index (χ0n) is 6.68. The number of nitrogens with one attached hydrogen (secondary N) is 1. The van der Waals surface area contributed by atoms with E-state index >= 15 is 0 Å². The summed E-state index contributed by atoms with van der Waals surface area (Å²) in [4.78, 5) is 0. The quantitative estimate of drug-likeness (QED) is 0.558. The molecule has 11 heavy (non-hydrogen) atoms. The summed E-state index contributed by atoms with van der Waals surface area (Å²) in [6.07, 6.45) is 3.54. The molecule has 2 aliphatic rings. The molecule has 0 aliphatic carbocycles. The van der Waals surface area contributed by atoms with Crippen LogP contribution in [0.25, 0.3) is 0 Å². The van der Waals surface area contributed by atoms with Gasteiger partial charge in [-0.1, -0.05) is 0 Å². The Kier molecular flexibility index (Phi) is 1.87. The minimum Gasteiger partial charge on any atom is -0.394 e. The predicted octanol–water partition coefficient (Wildman–Crippen LogP) is -0.110. The van der Waals surface area contributed by atoms with Crippen LogP contribution in [0.3, 0.4) is 0 Å². The van der Waals surface area contributed by atoms with Gasteiger partial charge in [0.15, 0.2) is 0 Å². The fraction of sp³-hybridized carbons (Fsp3) is 1.00. The van der Waals surface area contributed by atoms with E-state index in [9.17, 15) is 0 Å². The Morgan fingerprint density at radius 2 is 2.55 bits per heavy atom. The Hall–Kier alpha value is -0.120. The Morgan fingerprint density at radius 3 is 3.09 bits per heavy atom. The van der Waals surface area contributed by atoms with Gasteiger partial charge in [0.2, 0.25) is 0 Å². The van der Waals surface area contributed by atoms with Crippen LogP contribution < -0.4 is 5.32 Å². The van der Waals surface area contributed by atoms with Crippen molar-refractivity contribution in [3.63, 3.8) is 0 Å². The van der Waals surface area contributed by atoms with Gasteiger partial charge in [-0.3, -0.25) is 0 Å². The van der Waals surface area contributed by atoms with E-state index in [1.54, 1.807) is 0 Å². The van der Waals surface area contributed by atoms with Gasteiger partial charge in [0.25, 0.3) is 0 Å². The van der Waals surface area contributed by atoms with Gasteiger partial charge in [-0.25, -0.2) is 0 Å². The molecule has 3 nitrogen and oxygen atoms in total. The second kappa shape index (κ2) is 2.73. The van der Waals surface area contributed by atoms with E-state index in [0.717, 1.165) is 19.6 Å². The van der Waals surface area contributed by atoms with E-state index in [-0.39, 0.29) is 18.2 Å². The van der Waals surface area contributed by atoms with E-state index in [4.69, 9.17) is 9.84 Å². The van der Waals surface area contributed by atoms with Gasteiger partial charge in [0, 0.05) is 5.54 Å². The number of hydrogen-bond acceptors (Lipinski definition) is 3. The first-order valence-corrected chi connectivity index (χ1v) is 4.32. The molecule has 0 amide bonds. The molecule has 3 heteroatoms.